The first-order valence-corrected chi connectivity index (χ1v) is 11.4. The average molecular weight is 559 g/mol. The molecular weight excluding hydrogens is 525 g/mol. The number of benzene rings is 2. The third-order valence-corrected chi connectivity index (χ3v) is 6.00. The van der Waals surface area contributed by atoms with Crippen LogP contribution in [0, 0.1) is 19.8 Å². The van der Waals surface area contributed by atoms with E-state index in [-0.39, 0.29) is 30.1 Å². The number of nitrogens with zero attached hydrogens (tertiary/aromatic N) is 3. The molecular formula is C26H34IN5O. The first kappa shape index (κ1) is 25.2. The van der Waals surface area contributed by atoms with Crippen LogP contribution < -0.4 is 10.6 Å². The summed E-state index contributed by atoms with van der Waals surface area (Å²) in [6, 6.07) is 21.0. The highest BCUT2D eigenvalue weighted by atomic mass is 127. The molecule has 1 fully saturated rings. The normalized spacial score (nSPS) is 18.5. The summed E-state index contributed by atoms with van der Waals surface area (Å²) in [7, 11) is 1.81. The molecule has 2 aromatic carbocycles. The summed E-state index contributed by atoms with van der Waals surface area (Å²) >= 11 is 0. The van der Waals surface area contributed by atoms with Crippen molar-refractivity contribution in [3.05, 3.63) is 83.2 Å². The molecule has 7 heteroatoms. The van der Waals surface area contributed by atoms with Gasteiger partial charge in [0.15, 0.2) is 5.96 Å². The number of ether oxygens (including phenoxy) is 1. The van der Waals surface area contributed by atoms with Gasteiger partial charge in [-0.25, -0.2) is 4.68 Å². The van der Waals surface area contributed by atoms with Crippen molar-refractivity contribution in [1.29, 1.82) is 0 Å². The Labute approximate surface area is 213 Å². The predicted octanol–water partition coefficient (Wildman–Crippen LogP) is 4.94. The molecule has 2 N–H and O–H groups in total. The van der Waals surface area contributed by atoms with Gasteiger partial charge >= 0.3 is 0 Å². The summed E-state index contributed by atoms with van der Waals surface area (Å²) in [6.45, 7) is 6.41. The summed E-state index contributed by atoms with van der Waals surface area (Å²) < 4.78 is 8.15. The van der Waals surface area contributed by atoms with E-state index in [1.807, 2.05) is 18.7 Å². The van der Waals surface area contributed by atoms with Crippen LogP contribution >= 0.6 is 24.0 Å². The summed E-state index contributed by atoms with van der Waals surface area (Å²) in [6.07, 6.45) is 2.37. The lowest BCUT2D eigenvalue weighted by Crippen LogP contribution is -2.41. The molecule has 1 aliphatic heterocycles. The molecule has 1 saturated heterocycles. The van der Waals surface area contributed by atoms with Gasteiger partial charge < -0.3 is 15.4 Å². The Morgan fingerprint density at radius 1 is 1.09 bits per heavy atom. The van der Waals surface area contributed by atoms with E-state index in [2.05, 4.69) is 88.3 Å². The number of aryl methyl sites for hydroxylation is 2. The topological polar surface area (TPSA) is 63.5 Å². The molecule has 0 bridgehead atoms. The summed E-state index contributed by atoms with van der Waals surface area (Å²) in [5.41, 5.74) is 5.66. The highest BCUT2D eigenvalue weighted by molar-refractivity contribution is 14.0. The van der Waals surface area contributed by atoms with Gasteiger partial charge in [0.25, 0.3) is 0 Å². The zero-order chi connectivity index (χ0) is 22.3. The lowest BCUT2D eigenvalue weighted by Gasteiger charge is -2.32. The second-order valence-corrected chi connectivity index (χ2v) is 8.38. The molecule has 176 valence electrons. The van der Waals surface area contributed by atoms with Gasteiger partial charge in [-0.1, -0.05) is 48.5 Å². The number of hydrogen-bond acceptors (Lipinski definition) is 3. The lowest BCUT2D eigenvalue weighted by atomic mass is 9.89. The molecule has 33 heavy (non-hydrogen) atoms. The second kappa shape index (κ2) is 12.2. The fourth-order valence-electron chi connectivity index (χ4n) is 4.43. The Balaban J connectivity index is 0.00000306. The Kier molecular flexibility index (Phi) is 9.31. The monoisotopic (exact) mass is 559 g/mol. The molecule has 2 atom stereocenters. The third kappa shape index (κ3) is 6.35. The van der Waals surface area contributed by atoms with Gasteiger partial charge in [0.2, 0.25) is 0 Å². The van der Waals surface area contributed by atoms with Gasteiger partial charge in [-0.2, -0.15) is 5.10 Å². The van der Waals surface area contributed by atoms with Gasteiger partial charge in [-0.3, -0.25) is 4.99 Å². The number of guanidine groups is 1. The quantitative estimate of drug-likeness (QED) is 0.255. The Hall–Kier alpha value is -2.39. The van der Waals surface area contributed by atoms with E-state index in [9.17, 15) is 0 Å². The Morgan fingerprint density at radius 2 is 1.85 bits per heavy atom. The molecule has 0 saturated carbocycles. The molecule has 1 aliphatic rings. The van der Waals surface area contributed by atoms with Crippen LogP contribution in [-0.4, -0.2) is 35.9 Å². The molecule has 0 radical (unpaired) electrons. The van der Waals surface area contributed by atoms with Gasteiger partial charge in [-0.15, -0.1) is 24.0 Å². The van der Waals surface area contributed by atoms with E-state index in [0.717, 1.165) is 49.0 Å². The lowest BCUT2D eigenvalue weighted by molar-refractivity contribution is -0.0265. The SMILES string of the molecule is CN=C(NCc1ccccc1-n1nc(C)cc1C)NCC1CCCOC1c1ccccc1.I. The van der Waals surface area contributed by atoms with Crippen molar-refractivity contribution in [1.82, 2.24) is 20.4 Å². The van der Waals surface area contributed by atoms with E-state index >= 15 is 0 Å². The minimum atomic E-state index is 0. The molecule has 3 aromatic rings. The predicted molar refractivity (Wildman–Crippen MR) is 145 cm³/mol. The van der Waals surface area contributed by atoms with Gasteiger partial charge in [-0.05, 0) is 49.9 Å². The van der Waals surface area contributed by atoms with E-state index < -0.39 is 0 Å². The van der Waals surface area contributed by atoms with Crippen molar-refractivity contribution in [2.45, 2.75) is 39.3 Å². The maximum Gasteiger partial charge on any atom is 0.191 e. The van der Waals surface area contributed by atoms with E-state index in [1.54, 1.807) is 0 Å². The highest BCUT2D eigenvalue weighted by Gasteiger charge is 2.27. The van der Waals surface area contributed by atoms with Crippen LogP contribution in [0.1, 0.15) is 41.5 Å². The molecule has 1 aromatic heterocycles. The zero-order valence-corrected chi connectivity index (χ0v) is 22.0. The van der Waals surface area contributed by atoms with Crippen molar-refractivity contribution < 1.29 is 4.74 Å². The molecule has 0 spiro atoms. The van der Waals surface area contributed by atoms with Crippen molar-refractivity contribution in [2.24, 2.45) is 10.9 Å². The number of para-hydroxylation sites is 1. The van der Waals surface area contributed by atoms with Crippen molar-refractivity contribution >= 4 is 29.9 Å². The van der Waals surface area contributed by atoms with Gasteiger partial charge in [0.05, 0.1) is 17.5 Å². The fraction of sp³-hybridized carbons (Fsp3) is 0.385. The number of hydrogen-bond donors (Lipinski definition) is 2. The first-order chi connectivity index (χ1) is 15.7. The maximum atomic E-state index is 6.14. The number of rotatable bonds is 6. The largest absolute Gasteiger partial charge is 0.373 e. The molecule has 2 heterocycles. The summed E-state index contributed by atoms with van der Waals surface area (Å²) in [4.78, 5) is 4.44. The smallest absolute Gasteiger partial charge is 0.191 e. The van der Waals surface area contributed by atoms with Crippen molar-refractivity contribution in [2.75, 3.05) is 20.2 Å². The Bertz CT molecular complexity index is 1050. The Morgan fingerprint density at radius 3 is 2.58 bits per heavy atom. The average Bonchev–Trinajstić information content (AvgIpc) is 3.17. The second-order valence-electron chi connectivity index (χ2n) is 8.38. The number of aromatic nitrogens is 2. The van der Waals surface area contributed by atoms with Crippen molar-refractivity contribution in [3.63, 3.8) is 0 Å². The maximum absolute atomic E-state index is 6.14. The van der Waals surface area contributed by atoms with Crippen molar-refractivity contribution in [3.8, 4) is 5.69 Å². The van der Waals surface area contributed by atoms with E-state index in [4.69, 9.17) is 4.74 Å². The van der Waals surface area contributed by atoms with E-state index in [0.29, 0.717) is 12.5 Å². The molecule has 6 nitrogen and oxygen atoms in total. The van der Waals surface area contributed by atoms with Gasteiger partial charge in [0, 0.05) is 38.4 Å². The summed E-state index contributed by atoms with van der Waals surface area (Å²) in [5, 5.41) is 11.6. The van der Waals surface area contributed by atoms with Crippen LogP contribution in [-0.2, 0) is 11.3 Å². The van der Waals surface area contributed by atoms with Crippen LogP contribution in [0.4, 0.5) is 0 Å². The van der Waals surface area contributed by atoms with Crippen LogP contribution in [0.5, 0.6) is 0 Å². The zero-order valence-electron chi connectivity index (χ0n) is 19.6. The minimum absolute atomic E-state index is 0. The number of nitrogens with one attached hydrogen (secondary N) is 2. The standard InChI is InChI=1S/C26H33N5O.HI/c1-19-16-20(2)31(30-19)24-14-8-7-12-22(24)17-28-26(27-3)29-18-23-13-9-15-32-25(23)21-10-5-4-6-11-21;/h4-8,10-12,14,16,23,25H,9,13,15,17-18H2,1-3H3,(H2,27,28,29);1H. The molecule has 2 unspecified atom stereocenters. The minimum Gasteiger partial charge on any atom is -0.373 e. The van der Waals surface area contributed by atoms with E-state index in [1.165, 1.54) is 11.1 Å². The number of halogens is 1. The number of aliphatic imine (C=N–C) groups is 1. The van der Waals surface area contributed by atoms with Crippen LogP contribution in [0.15, 0.2) is 65.7 Å². The first-order valence-electron chi connectivity index (χ1n) is 11.4. The molecule has 0 aliphatic carbocycles. The third-order valence-electron chi connectivity index (χ3n) is 6.00. The molecule has 4 rings (SSSR count). The highest BCUT2D eigenvalue weighted by Crippen LogP contribution is 2.33. The molecule has 0 amide bonds. The van der Waals surface area contributed by atoms with Crippen LogP contribution in [0.3, 0.4) is 0 Å². The van der Waals surface area contributed by atoms with Gasteiger partial charge in [0.1, 0.15) is 0 Å². The van der Waals surface area contributed by atoms with Crippen LogP contribution in [0.25, 0.3) is 5.69 Å². The summed E-state index contributed by atoms with van der Waals surface area (Å²) in [5.74, 6) is 1.21. The van der Waals surface area contributed by atoms with Crippen LogP contribution in [0.2, 0.25) is 0 Å². The fourth-order valence-corrected chi connectivity index (χ4v) is 4.43.